The maximum atomic E-state index is 6.82. The maximum absolute atomic E-state index is 6.82. The summed E-state index contributed by atoms with van der Waals surface area (Å²) in [5, 5.41) is 4.80. The van der Waals surface area contributed by atoms with Crippen molar-refractivity contribution in [2.24, 2.45) is 0 Å². The molecule has 0 saturated heterocycles. The molecule has 0 bridgehead atoms. The zero-order valence-electron chi connectivity index (χ0n) is 36.5. The van der Waals surface area contributed by atoms with Crippen LogP contribution in [0.25, 0.3) is 88.3 Å². The first-order valence-corrected chi connectivity index (χ1v) is 23.2. The Labute approximate surface area is 389 Å². The summed E-state index contributed by atoms with van der Waals surface area (Å²) in [5.41, 5.74) is 22.0. The molecule has 1 heterocycles. The van der Waals surface area contributed by atoms with Crippen LogP contribution < -0.4 is 4.90 Å². The van der Waals surface area contributed by atoms with Gasteiger partial charge in [0.25, 0.3) is 0 Å². The molecule has 1 spiro atoms. The number of benzene rings is 11. The number of fused-ring (bicyclic) bond motifs is 15. The van der Waals surface area contributed by atoms with Crippen LogP contribution in [0.3, 0.4) is 0 Å². The van der Waals surface area contributed by atoms with E-state index in [1.807, 2.05) is 0 Å². The van der Waals surface area contributed by atoms with Crippen molar-refractivity contribution < 1.29 is 4.42 Å². The molecular formula is C65H41NO. The smallest absolute Gasteiger partial charge is 0.143 e. The Morgan fingerprint density at radius 1 is 0.299 bits per heavy atom. The van der Waals surface area contributed by atoms with E-state index in [9.17, 15) is 0 Å². The van der Waals surface area contributed by atoms with E-state index in [0.29, 0.717) is 0 Å². The van der Waals surface area contributed by atoms with Crippen LogP contribution in [0.1, 0.15) is 22.3 Å². The molecular weight excluding hydrogens is 811 g/mol. The number of hydrogen-bond acceptors (Lipinski definition) is 2. The molecule has 2 aliphatic carbocycles. The minimum absolute atomic E-state index is 0.543. The SMILES string of the molecule is c1ccc(-c2ccc(N(c3ccc(-c4cccc5c4C4(c6ccccc6-5)c5ccccc5-c5c4ccc4c5oc5ccccc54)cc3)c3ccc(-c4cccc5ccccc45)cc3)cc2)cc1. The molecule has 0 saturated carbocycles. The predicted octanol–water partition coefficient (Wildman–Crippen LogP) is 17.6. The van der Waals surface area contributed by atoms with E-state index in [0.717, 1.165) is 39.0 Å². The van der Waals surface area contributed by atoms with Crippen molar-refractivity contribution in [3.05, 3.63) is 271 Å². The lowest BCUT2D eigenvalue weighted by molar-refractivity contribution is 0.669. The standard InChI is InChI=1S/C65H41NO/c1-2-14-42(15-3-1)43-28-34-47(35-29-43)66(48-36-30-45(31-37-48)51-22-12-17-44-16-4-5-18-50(44)51)49-38-32-46(33-39-49)52-23-13-24-55-53-19-6-9-25-58(53)65(63(52)55)59-26-10-7-21-57(59)62-60(65)41-40-56-54-20-8-11-27-61(54)67-64(56)62/h1-41H. The normalized spacial score (nSPS) is 14.3. The first kappa shape index (κ1) is 37.6. The molecule has 2 aliphatic rings. The van der Waals surface area contributed by atoms with Gasteiger partial charge in [0.2, 0.25) is 0 Å². The molecule has 0 radical (unpaired) electrons. The van der Waals surface area contributed by atoms with Crippen LogP contribution in [-0.2, 0) is 5.41 Å². The molecule has 0 N–H and O–H groups in total. The van der Waals surface area contributed by atoms with Crippen molar-refractivity contribution in [3.63, 3.8) is 0 Å². The number of nitrogens with zero attached hydrogens (tertiary/aromatic N) is 1. The number of para-hydroxylation sites is 1. The first-order chi connectivity index (χ1) is 33.2. The van der Waals surface area contributed by atoms with Gasteiger partial charge >= 0.3 is 0 Å². The zero-order valence-corrected chi connectivity index (χ0v) is 36.5. The second kappa shape index (κ2) is 14.7. The Kier molecular flexibility index (Phi) is 8.23. The van der Waals surface area contributed by atoms with Crippen molar-refractivity contribution in [2.45, 2.75) is 5.41 Å². The van der Waals surface area contributed by atoms with Gasteiger partial charge in [-0.3, -0.25) is 0 Å². The van der Waals surface area contributed by atoms with Crippen molar-refractivity contribution >= 4 is 49.8 Å². The van der Waals surface area contributed by atoms with Gasteiger partial charge in [-0.25, -0.2) is 0 Å². The van der Waals surface area contributed by atoms with Crippen molar-refractivity contribution in [1.82, 2.24) is 0 Å². The summed E-state index contributed by atoms with van der Waals surface area (Å²) in [6, 6.07) is 91.1. The first-order valence-electron chi connectivity index (χ1n) is 23.2. The summed E-state index contributed by atoms with van der Waals surface area (Å²) in [6.07, 6.45) is 0. The average Bonchev–Trinajstić information content (AvgIpc) is 4.04. The van der Waals surface area contributed by atoms with E-state index in [4.69, 9.17) is 4.42 Å². The minimum atomic E-state index is -0.543. The summed E-state index contributed by atoms with van der Waals surface area (Å²) in [4.78, 5) is 2.38. The van der Waals surface area contributed by atoms with Crippen LogP contribution in [0, 0.1) is 0 Å². The van der Waals surface area contributed by atoms with Crippen molar-refractivity contribution in [3.8, 4) is 55.6 Å². The topological polar surface area (TPSA) is 16.4 Å². The molecule has 2 heteroatoms. The van der Waals surface area contributed by atoms with Gasteiger partial charge in [-0.05, 0) is 126 Å². The molecule has 67 heavy (non-hydrogen) atoms. The Bertz CT molecular complexity index is 3900. The van der Waals surface area contributed by atoms with Gasteiger partial charge in [0, 0.05) is 33.4 Å². The van der Waals surface area contributed by atoms with E-state index in [1.54, 1.807) is 0 Å². The second-order valence-corrected chi connectivity index (χ2v) is 17.9. The van der Waals surface area contributed by atoms with Crippen LogP contribution >= 0.6 is 0 Å². The van der Waals surface area contributed by atoms with Gasteiger partial charge in [0.05, 0.1) is 5.41 Å². The Balaban J connectivity index is 0.926. The largest absolute Gasteiger partial charge is 0.455 e. The van der Waals surface area contributed by atoms with E-state index in [-0.39, 0.29) is 0 Å². The molecule has 1 atom stereocenters. The fraction of sp³-hybridized carbons (Fsp3) is 0.0154. The molecule has 14 rings (SSSR count). The average molecular weight is 852 g/mol. The fourth-order valence-corrected chi connectivity index (χ4v) is 11.6. The zero-order chi connectivity index (χ0) is 44.1. The molecule has 11 aromatic carbocycles. The van der Waals surface area contributed by atoms with E-state index < -0.39 is 5.41 Å². The van der Waals surface area contributed by atoms with Crippen LogP contribution in [0.2, 0.25) is 0 Å². The maximum Gasteiger partial charge on any atom is 0.143 e. The van der Waals surface area contributed by atoms with Gasteiger partial charge in [0.1, 0.15) is 11.2 Å². The van der Waals surface area contributed by atoms with E-state index >= 15 is 0 Å². The summed E-state index contributed by atoms with van der Waals surface area (Å²) in [5.74, 6) is 0. The highest BCUT2D eigenvalue weighted by molar-refractivity contribution is 6.13. The monoisotopic (exact) mass is 851 g/mol. The third kappa shape index (κ3) is 5.51. The van der Waals surface area contributed by atoms with Gasteiger partial charge < -0.3 is 9.32 Å². The molecule has 0 fully saturated rings. The summed E-state index contributed by atoms with van der Waals surface area (Å²) in [6.45, 7) is 0. The predicted molar refractivity (Wildman–Crippen MR) is 279 cm³/mol. The third-order valence-corrected chi connectivity index (χ3v) is 14.5. The highest BCUT2D eigenvalue weighted by Gasteiger charge is 2.53. The van der Waals surface area contributed by atoms with Gasteiger partial charge in [-0.1, -0.05) is 206 Å². The number of furan rings is 1. The Morgan fingerprint density at radius 2 is 0.806 bits per heavy atom. The fourth-order valence-electron chi connectivity index (χ4n) is 11.6. The highest BCUT2D eigenvalue weighted by atomic mass is 16.3. The summed E-state index contributed by atoms with van der Waals surface area (Å²) < 4.78 is 6.82. The van der Waals surface area contributed by atoms with Crippen molar-refractivity contribution in [1.29, 1.82) is 0 Å². The molecule has 12 aromatic rings. The Hall–Kier alpha value is -8.72. The minimum Gasteiger partial charge on any atom is -0.455 e. The quantitative estimate of drug-likeness (QED) is 0.166. The molecule has 312 valence electrons. The van der Waals surface area contributed by atoms with Gasteiger partial charge in [0.15, 0.2) is 0 Å². The van der Waals surface area contributed by atoms with Crippen molar-refractivity contribution in [2.75, 3.05) is 4.90 Å². The molecule has 0 aliphatic heterocycles. The number of anilines is 3. The van der Waals surface area contributed by atoms with Crippen LogP contribution in [0.15, 0.2) is 253 Å². The highest BCUT2D eigenvalue weighted by Crippen LogP contribution is 2.65. The van der Waals surface area contributed by atoms with E-state index in [1.165, 1.54) is 88.7 Å². The van der Waals surface area contributed by atoms with Gasteiger partial charge in [-0.2, -0.15) is 0 Å². The van der Waals surface area contributed by atoms with Crippen LogP contribution in [0.4, 0.5) is 17.1 Å². The molecule has 2 nitrogen and oxygen atoms in total. The lowest BCUT2D eigenvalue weighted by Gasteiger charge is -2.32. The molecule has 1 unspecified atom stereocenters. The lowest BCUT2D eigenvalue weighted by atomic mass is 9.68. The summed E-state index contributed by atoms with van der Waals surface area (Å²) >= 11 is 0. The lowest BCUT2D eigenvalue weighted by Crippen LogP contribution is -2.26. The Morgan fingerprint density at radius 3 is 1.55 bits per heavy atom. The van der Waals surface area contributed by atoms with Crippen LogP contribution in [-0.4, -0.2) is 0 Å². The van der Waals surface area contributed by atoms with Crippen LogP contribution in [0.5, 0.6) is 0 Å². The second-order valence-electron chi connectivity index (χ2n) is 17.9. The molecule has 0 amide bonds. The third-order valence-electron chi connectivity index (χ3n) is 14.5. The van der Waals surface area contributed by atoms with E-state index in [2.05, 4.69) is 254 Å². The van der Waals surface area contributed by atoms with Gasteiger partial charge in [-0.15, -0.1) is 0 Å². The number of rotatable bonds is 6. The number of hydrogen-bond donors (Lipinski definition) is 0. The summed E-state index contributed by atoms with van der Waals surface area (Å²) in [7, 11) is 0. The molecule has 1 aromatic heterocycles.